The molecule has 25 heavy (non-hydrogen) atoms. The average molecular weight is 379 g/mol. The molecule has 128 valence electrons. The van der Waals surface area contributed by atoms with Gasteiger partial charge in [-0.3, -0.25) is 20.4 Å². The van der Waals surface area contributed by atoms with E-state index in [2.05, 4.69) is 10.9 Å². The maximum atomic E-state index is 12.1. The van der Waals surface area contributed by atoms with Gasteiger partial charge in [0.25, 0.3) is 5.91 Å². The highest BCUT2D eigenvalue weighted by molar-refractivity contribution is 6.35. The average Bonchev–Trinajstić information content (AvgIpc) is 3.23. The summed E-state index contributed by atoms with van der Waals surface area (Å²) in [6, 6.07) is 9.48. The monoisotopic (exact) mass is 378 g/mol. The van der Waals surface area contributed by atoms with Gasteiger partial charge in [-0.2, -0.15) is 0 Å². The predicted octanol–water partition coefficient (Wildman–Crippen LogP) is 4.23. The number of rotatable bonds is 3. The maximum Gasteiger partial charge on any atom is 0.305 e. The van der Waals surface area contributed by atoms with E-state index in [-0.39, 0.29) is 5.76 Å². The highest BCUT2D eigenvalue weighted by Gasteiger charge is 2.16. The van der Waals surface area contributed by atoms with Crippen molar-refractivity contribution in [1.29, 1.82) is 0 Å². The molecule has 0 bridgehead atoms. The number of furan rings is 2. The van der Waals surface area contributed by atoms with Crippen LogP contribution in [0.15, 0.2) is 51.5 Å². The molecule has 0 aliphatic heterocycles. The SMILES string of the molecule is Cc1occc1C(=O)NNC(=O)c1ccc(-c2cc(Cl)ccc2Cl)o1. The Morgan fingerprint density at radius 1 is 1.00 bits per heavy atom. The van der Waals surface area contributed by atoms with Crippen LogP contribution < -0.4 is 10.9 Å². The standard InChI is InChI=1S/C17H12Cl2N2O4/c1-9-11(6-7-24-9)16(22)20-21-17(23)15-5-4-14(25-15)12-8-10(18)2-3-13(12)19/h2-8H,1H3,(H,20,22)(H,21,23). The number of amides is 2. The third kappa shape index (κ3) is 3.70. The van der Waals surface area contributed by atoms with Crippen molar-refractivity contribution in [1.82, 2.24) is 10.9 Å². The lowest BCUT2D eigenvalue weighted by molar-refractivity contribution is 0.0830. The van der Waals surface area contributed by atoms with Crippen LogP contribution in [0.4, 0.5) is 0 Å². The first-order valence-corrected chi connectivity index (χ1v) is 7.91. The van der Waals surface area contributed by atoms with Crippen LogP contribution in [0.2, 0.25) is 10.0 Å². The van der Waals surface area contributed by atoms with E-state index in [9.17, 15) is 9.59 Å². The van der Waals surface area contributed by atoms with E-state index >= 15 is 0 Å². The van der Waals surface area contributed by atoms with Crippen LogP contribution in [0.3, 0.4) is 0 Å². The Hall–Kier alpha value is -2.70. The Kier molecular flexibility index (Phi) is 4.83. The van der Waals surface area contributed by atoms with Gasteiger partial charge >= 0.3 is 5.91 Å². The molecule has 1 aromatic carbocycles. The minimum Gasteiger partial charge on any atom is -0.469 e. The van der Waals surface area contributed by atoms with Gasteiger partial charge in [0.05, 0.1) is 16.8 Å². The first-order valence-electron chi connectivity index (χ1n) is 7.16. The fraction of sp³-hybridized carbons (Fsp3) is 0.0588. The second-order valence-electron chi connectivity index (χ2n) is 5.09. The minimum atomic E-state index is -0.612. The smallest absolute Gasteiger partial charge is 0.305 e. The van der Waals surface area contributed by atoms with Crippen molar-refractivity contribution in [2.45, 2.75) is 6.92 Å². The zero-order chi connectivity index (χ0) is 18.0. The molecule has 0 aliphatic carbocycles. The molecular weight excluding hydrogens is 367 g/mol. The van der Waals surface area contributed by atoms with E-state index in [1.54, 1.807) is 31.2 Å². The number of carbonyl (C=O) groups is 2. The maximum absolute atomic E-state index is 12.1. The lowest BCUT2D eigenvalue weighted by Crippen LogP contribution is -2.41. The fourth-order valence-electron chi connectivity index (χ4n) is 2.15. The molecule has 0 aliphatic rings. The molecule has 6 nitrogen and oxygen atoms in total. The van der Waals surface area contributed by atoms with Crippen LogP contribution in [0.5, 0.6) is 0 Å². The van der Waals surface area contributed by atoms with Crippen molar-refractivity contribution < 1.29 is 18.4 Å². The van der Waals surface area contributed by atoms with Gasteiger partial charge in [-0.1, -0.05) is 23.2 Å². The Bertz CT molecular complexity index is 946. The van der Waals surface area contributed by atoms with Crippen LogP contribution in [-0.2, 0) is 0 Å². The van der Waals surface area contributed by atoms with Crippen LogP contribution in [-0.4, -0.2) is 11.8 Å². The van der Waals surface area contributed by atoms with E-state index in [1.807, 2.05) is 0 Å². The number of hydrazine groups is 1. The van der Waals surface area contributed by atoms with Crippen LogP contribution in [0, 0.1) is 6.92 Å². The van der Waals surface area contributed by atoms with Crippen molar-refractivity contribution in [3.05, 3.63) is 69.8 Å². The number of benzene rings is 1. The van der Waals surface area contributed by atoms with Gasteiger partial charge < -0.3 is 8.83 Å². The van der Waals surface area contributed by atoms with Crippen molar-refractivity contribution >= 4 is 35.0 Å². The number of hydrogen-bond donors (Lipinski definition) is 2. The molecule has 2 amide bonds. The lowest BCUT2D eigenvalue weighted by Gasteiger charge is -2.05. The van der Waals surface area contributed by atoms with E-state index in [4.69, 9.17) is 32.0 Å². The molecule has 3 rings (SSSR count). The summed E-state index contributed by atoms with van der Waals surface area (Å²) in [5, 5.41) is 0.930. The summed E-state index contributed by atoms with van der Waals surface area (Å²) in [4.78, 5) is 24.0. The van der Waals surface area contributed by atoms with Crippen LogP contribution in [0.25, 0.3) is 11.3 Å². The molecular formula is C17H12Cl2N2O4. The Morgan fingerprint density at radius 2 is 1.76 bits per heavy atom. The molecule has 0 unspecified atom stereocenters. The second-order valence-corrected chi connectivity index (χ2v) is 5.93. The van der Waals surface area contributed by atoms with Gasteiger partial charge in [0.1, 0.15) is 11.5 Å². The van der Waals surface area contributed by atoms with Crippen molar-refractivity contribution in [3.8, 4) is 11.3 Å². The first kappa shape index (κ1) is 17.1. The molecule has 3 aromatic rings. The number of halogens is 2. The van der Waals surface area contributed by atoms with Crippen LogP contribution >= 0.6 is 23.2 Å². The van der Waals surface area contributed by atoms with E-state index in [0.717, 1.165) is 0 Å². The van der Waals surface area contributed by atoms with Gasteiger partial charge in [-0.05, 0) is 43.3 Å². The van der Waals surface area contributed by atoms with Gasteiger partial charge in [0.15, 0.2) is 5.76 Å². The summed E-state index contributed by atoms with van der Waals surface area (Å²) in [5.74, 6) is -0.268. The predicted molar refractivity (Wildman–Crippen MR) is 92.5 cm³/mol. The van der Waals surface area contributed by atoms with Crippen molar-refractivity contribution in [2.75, 3.05) is 0 Å². The van der Waals surface area contributed by atoms with Crippen molar-refractivity contribution in [3.63, 3.8) is 0 Å². The van der Waals surface area contributed by atoms with Crippen molar-refractivity contribution in [2.24, 2.45) is 0 Å². The first-order chi connectivity index (χ1) is 12.0. The second kappa shape index (κ2) is 7.04. The van der Waals surface area contributed by atoms with Gasteiger partial charge in [0.2, 0.25) is 0 Å². The normalized spacial score (nSPS) is 10.5. The molecule has 0 atom stereocenters. The number of hydrogen-bond acceptors (Lipinski definition) is 4. The van der Waals surface area contributed by atoms with E-state index in [0.29, 0.717) is 32.7 Å². The lowest BCUT2D eigenvalue weighted by atomic mass is 10.2. The van der Waals surface area contributed by atoms with Gasteiger partial charge in [-0.15, -0.1) is 0 Å². The summed E-state index contributed by atoms with van der Waals surface area (Å²) in [7, 11) is 0. The number of aryl methyl sites for hydroxylation is 1. The Labute approximate surface area is 152 Å². The summed E-state index contributed by atoms with van der Waals surface area (Å²) in [6.45, 7) is 1.64. The Balaban J connectivity index is 1.70. The summed E-state index contributed by atoms with van der Waals surface area (Å²) in [5.41, 5.74) is 5.45. The quantitative estimate of drug-likeness (QED) is 0.667. The van der Waals surface area contributed by atoms with Gasteiger partial charge in [0, 0.05) is 10.6 Å². The molecule has 2 N–H and O–H groups in total. The third-order valence-corrected chi connectivity index (χ3v) is 3.98. The molecule has 0 radical (unpaired) electrons. The largest absolute Gasteiger partial charge is 0.469 e. The molecule has 0 saturated heterocycles. The fourth-order valence-corrected chi connectivity index (χ4v) is 2.54. The Morgan fingerprint density at radius 3 is 2.48 bits per heavy atom. The summed E-state index contributed by atoms with van der Waals surface area (Å²) < 4.78 is 10.5. The molecule has 0 saturated carbocycles. The molecule has 2 heterocycles. The number of nitrogens with one attached hydrogen (secondary N) is 2. The number of carbonyl (C=O) groups excluding carboxylic acids is 2. The summed E-state index contributed by atoms with van der Waals surface area (Å²) >= 11 is 12.1. The van der Waals surface area contributed by atoms with Gasteiger partial charge in [-0.25, -0.2) is 0 Å². The molecule has 8 heteroatoms. The highest BCUT2D eigenvalue weighted by atomic mass is 35.5. The van der Waals surface area contributed by atoms with E-state index < -0.39 is 11.8 Å². The third-order valence-electron chi connectivity index (χ3n) is 3.42. The zero-order valence-corrected chi connectivity index (χ0v) is 14.4. The minimum absolute atomic E-state index is 0.00950. The topological polar surface area (TPSA) is 84.5 Å². The molecule has 0 spiro atoms. The molecule has 0 fully saturated rings. The zero-order valence-electron chi connectivity index (χ0n) is 12.9. The van der Waals surface area contributed by atoms with Crippen LogP contribution in [0.1, 0.15) is 26.7 Å². The molecule has 2 aromatic heterocycles. The highest BCUT2D eigenvalue weighted by Crippen LogP contribution is 2.31. The summed E-state index contributed by atoms with van der Waals surface area (Å²) in [6.07, 6.45) is 1.39. The van der Waals surface area contributed by atoms with E-state index in [1.165, 1.54) is 18.4 Å².